The molecule has 13 heavy (non-hydrogen) atoms. The molecule has 1 aliphatic carbocycles. The predicted molar refractivity (Wildman–Crippen MR) is 52.0 cm³/mol. The number of hydrogen-bond donors (Lipinski definition) is 2. The molecule has 1 heterocycles. The van der Waals surface area contributed by atoms with Gasteiger partial charge >= 0.3 is 0 Å². The Kier molecular flexibility index (Phi) is 3.19. The van der Waals surface area contributed by atoms with Crippen molar-refractivity contribution in [3.8, 4) is 0 Å². The van der Waals surface area contributed by atoms with E-state index in [1.807, 2.05) is 0 Å². The average molecular weight is 184 g/mol. The molecule has 0 spiro atoms. The third-order valence-electron chi connectivity index (χ3n) is 3.47. The normalized spacial score (nSPS) is 31.6. The zero-order chi connectivity index (χ0) is 9.10. The van der Waals surface area contributed by atoms with Crippen LogP contribution in [-0.2, 0) is 4.74 Å². The van der Waals surface area contributed by atoms with Gasteiger partial charge in [0.15, 0.2) is 0 Å². The highest BCUT2D eigenvalue weighted by molar-refractivity contribution is 4.84. The first-order chi connectivity index (χ1) is 6.40. The summed E-state index contributed by atoms with van der Waals surface area (Å²) < 4.78 is 5.61. The molecule has 1 saturated carbocycles. The van der Waals surface area contributed by atoms with Gasteiger partial charge in [-0.25, -0.2) is 0 Å². The summed E-state index contributed by atoms with van der Waals surface area (Å²) in [4.78, 5) is 0. The topological polar surface area (TPSA) is 47.3 Å². The van der Waals surface area contributed by atoms with Crippen molar-refractivity contribution < 1.29 is 4.74 Å². The highest BCUT2D eigenvalue weighted by atomic mass is 16.5. The van der Waals surface area contributed by atoms with Crippen LogP contribution < -0.4 is 11.3 Å². The molecular weight excluding hydrogens is 164 g/mol. The third-order valence-corrected chi connectivity index (χ3v) is 3.47. The van der Waals surface area contributed by atoms with E-state index in [9.17, 15) is 0 Å². The number of ether oxygens (including phenoxy) is 1. The molecule has 2 atom stereocenters. The maximum absolute atomic E-state index is 5.61. The molecule has 0 amide bonds. The summed E-state index contributed by atoms with van der Waals surface area (Å²) in [5, 5.41) is 0. The fraction of sp³-hybridized carbons (Fsp3) is 1.00. The molecule has 2 rings (SSSR count). The maximum Gasteiger partial charge on any atom is 0.0591 e. The standard InChI is InChI=1S/C10H20N2O/c11-12-10(8-3-1-4-8)7-9-5-2-6-13-9/h8-10,12H,1-7,11H2. The molecule has 0 bridgehead atoms. The van der Waals surface area contributed by atoms with Crippen molar-refractivity contribution >= 4 is 0 Å². The van der Waals surface area contributed by atoms with Crippen LogP contribution in [0.1, 0.15) is 38.5 Å². The fourth-order valence-electron chi connectivity index (χ4n) is 2.35. The van der Waals surface area contributed by atoms with Crippen LogP contribution >= 0.6 is 0 Å². The van der Waals surface area contributed by atoms with Gasteiger partial charge in [0, 0.05) is 12.6 Å². The Morgan fingerprint density at radius 3 is 2.62 bits per heavy atom. The van der Waals surface area contributed by atoms with E-state index in [1.54, 1.807) is 0 Å². The molecule has 76 valence electrons. The fourth-order valence-corrected chi connectivity index (χ4v) is 2.35. The Morgan fingerprint density at radius 2 is 2.15 bits per heavy atom. The molecule has 2 fully saturated rings. The zero-order valence-corrected chi connectivity index (χ0v) is 8.17. The van der Waals surface area contributed by atoms with E-state index in [-0.39, 0.29) is 0 Å². The molecule has 0 aromatic heterocycles. The van der Waals surface area contributed by atoms with Gasteiger partial charge in [-0.05, 0) is 38.0 Å². The highest BCUT2D eigenvalue weighted by Gasteiger charge is 2.29. The van der Waals surface area contributed by atoms with Gasteiger partial charge in [0.05, 0.1) is 6.10 Å². The van der Waals surface area contributed by atoms with Crippen molar-refractivity contribution in [1.82, 2.24) is 5.43 Å². The van der Waals surface area contributed by atoms with E-state index in [0.717, 1.165) is 18.9 Å². The van der Waals surface area contributed by atoms with E-state index >= 15 is 0 Å². The largest absolute Gasteiger partial charge is 0.378 e. The minimum atomic E-state index is 0.474. The molecule has 1 saturated heterocycles. The lowest BCUT2D eigenvalue weighted by atomic mass is 9.78. The summed E-state index contributed by atoms with van der Waals surface area (Å²) in [6.07, 6.45) is 8.12. The van der Waals surface area contributed by atoms with Crippen LogP contribution in [0.15, 0.2) is 0 Å². The lowest BCUT2D eigenvalue weighted by molar-refractivity contribution is 0.0775. The first kappa shape index (κ1) is 9.44. The molecule has 2 aliphatic rings. The van der Waals surface area contributed by atoms with Gasteiger partial charge in [0.1, 0.15) is 0 Å². The molecule has 0 aromatic rings. The van der Waals surface area contributed by atoms with Gasteiger partial charge in [-0.2, -0.15) is 0 Å². The van der Waals surface area contributed by atoms with Gasteiger partial charge in [-0.15, -0.1) is 0 Å². The van der Waals surface area contributed by atoms with Crippen molar-refractivity contribution in [1.29, 1.82) is 0 Å². The monoisotopic (exact) mass is 184 g/mol. The summed E-state index contributed by atoms with van der Waals surface area (Å²) in [6, 6.07) is 0.497. The maximum atomic E-state index is 5.61. The third kappa shape index (κ3) is 2.22. The van der Waals surface area contributed by atoms with E-state index < -0.39 is 0 Å². The Morgan fingerprint density at radius 1 is 1.31 bits per heavy atom. The minimum absolute atomic E-state index is 0.474. The zero-order valence-electron chi connectivity index (χ0n) is 8.17. The summed E-state index contributed by atoms with van der Waals surface area (Å²) in [6.45, 7) is 0.951. The first-order valence-electron chi connectivity index (χ1n) is 5.48. The molecule has 3 N–H and O–H groups in total. The average Bonchev–Trinajstić information content (AvgIpc) is 2.52. The van der Waals surface area contributed by atoms with Gasteiger partial charge in [0.2, 0.25) is 0 Å². The molecule has 0 radical (unpaired) electrons. The van der Waals surface area contributed by atoms with Crippen LogP contribution in [0.3, 0.4) is 0 Å². The molecule has 3 heteroatoms. The Balaban J connectivity index is 1.75. The van der Waals surface area contributed by atoms with Crippen LogP contribution in [0.5, 0.6) is 0 Å². The van der Waals surface area contributed by atoms with Crippen molar-refractivity contribution in [2.24, 2.45) is 11.8 Å². The lowest BCUT2D eigenvalue weighted by Gasteiger charge is -2.34. The Bertz CT molecular complexity index is 153. The SMILES string of the molecule is NNC(CC1CCCO1)C1CCC1. The highest BCUT2D eigenvalue weighted by Crippen LogP contribution is 2.32. The minimum Gasteiger partial charge on any atom is -0.378 e. The predicted octanol–water partition coefficient (Wildman–Crippen LogP) is 1.19. The molecule has 0 aromatic carbocycles. The van der Waals surface area contributed by atoms with E-state index in [0.29, 0.717) is 12.1 Å². The van der Waals surface area contributed by atoms with Crippen molar-refractivity contribution in [3.63, 3.8) is 0 Å². The second-order valence-corrected chi connectivity index (χ2v) is 4.33. The van der Waals surface area contributed by atoms with E-state index in [1.165, 1.54) is 32.1 Å². The van der Waals surface area contributed by atoms with E-state index in [2.05, 4.69) is 5.43 Å². The smallest absolute Gasteiger partial charge is 0.0591 e. The van der Waals surface area contributed by atoms with Gasteiger partial charge < -0.3 is 4.74 Å². The van der Waals surface area contributed by atoms with Crippen LogP contribution in [0.25, 0.3) is 0 Å². The Labute approximate surface area is 80.0 Å². The van der Waals surface area contributed by atoms with Crippen molar-refractivity contribution in [2.75, 3.05) is 6.61 Å². The molecular formula is C10H20N2O. The van der Waals surface area contributed by atoms with Gasteiger partial charge in [-0.3, -0.25) is 11.3 Å². The van der Waals surface area contributed by atoms with Crippen LogP contribution in [-0.4, -0.2) is 18.8 Å². The summed E-state index contributed by atoms with van der Waals surface area (Å²) in [5.74, 6) is 6.37. The lowest BCUT2D eigenvalue weighted by Crippen LogP contribution is -2.45. The Hall–Kier alpha value is -0.120. The number of hydrogen-bond acceptors (Lipinski definition) is 3. The first-order valence-corrected chi connectivity index (χ1v) is 5.48. The second kappa shape index (κ2) is 4.40. The van der Waals surface area contributed by atoms with Crippen LogP contribution in [0.4, 0.5) is 0 Å². The molecule has 3 nitrogen and oxygen atoms in total. The van der Waals surface area contributed by atoms with Gasteiger partial charge in [0.25, 0.3) is 0 Å². The van der Waals surface area contributed by atoms with Gasteiger partial charge in [-0.1, -0.05) is 6.42 Å². The van der Waals surface area contributed by atoms with Crippen molar-refractivity contribution in [3.05, 3.63) is 0 Å². The summed E-state index contributed by atoms with van der Waals surface area (Å²) in [5.41, 5.74) is 2.95. The van der Waals surface area contributed by atoms with E-state index in [4.69, 9.17) is 10.6 Å². The number of hydrazine groups is 1. The number of nitrogens with one attached hydrogen (secondary N) is 1. The van der Waals surface area contributed by atoms with Crippen molar-refractivity contribution in [2.45, 2.75) is 50.7 Å². The quantitative estimate of drug-likeness (QED) is 0.509. The molecule has 1 aliphatic heterocycles. The number of rotatable bonds is 4. The number of nitrogens with two attached hydrogens (primary N) is 1. The van der Waals surface area contributed by atoms with Crippen LogP contribution in [0, 0.1) is 5.92 Å². The molecule has 2 unspecified atom stereocenters. The van der Waals surface area contributed by atoms with Crippen LogP contribution in [0.2, 0.25) is 0 Å². The summed E-state index contributed by atoms with van der Waals surface area (Å²) in [7, 11) is 0. The summed E-state index contributed by atoms with van der Waals surface area (Å²) >= 11 is 0. The second-order valence-electron chi connectivity index (χ2n) is 4.33.